The van der Waals surface area contributed by atoms with E-state index in [9.17, 15) is 17.6 Å². The first-order valence-corrected chi connectivity index (χ1v) is 11.7. The van der Waals surface area contributed by atoms with E-state index in [1.54, 1.807) is 13.8 Å². The molecule has 6 nitrogen and oxygen atoms in total. The van der Waals surface area contributed by atoms with Gasteiger partial charge in [-0.15, -0.1) is 11.3 Å². The van der Waals surface area contributed by atoms with Gasteiger partial charge in [0, 0.05) is 29.6 Å². The standard InChI is InChI=1S/C21H22FN3O3S2/c1-4-25(5-2)30(27,28)19-12-16(10-11-17(19)22)20(26)24-21-23-18(13-29-21)15-8-6-14(3)7-9-15/h6-13H,4-5H2,1-3H3,(H,23,24,26). The van der Waals surface area contributed by atoms with Gasteiger partial charge < -0.3 is 0 Å². The minimum Gasteiger partial charge on any atom is -0.298 e. The van der Waals surface area contributed by atoms with Crippen LogP contribution < -0.4 is 5.32 Å². The molecule has 0 saturated carbocycles. The zero-order chi connectivity index (χ0) is 21.9. The molecule has 0 bridgehead atoms. The lowest BCUT2D eigenvalue weighted by Crippen LogP contribution is -2.31. The van der Waals surface area contributed by atoms with Crippen molar-refractivity contribution in [2.45, 2.75) is 25.7 Å². The second-order valence-electron chi connectivity index (χ2n) is 6.59. The van der Waals surface area contributed by atoms with Crippen molar-refractivity contribution < 1.29 is 17.6 Å². The Balaban J connectivity index is 1.84. The molecule has 2 aromatic carbocycles. The number of nitrogens with zero attached hydrogens (tertiary/aromatic N) is 2. The van der Waals surface area contributed by atoms with Gasteiger partial charge in [0.1, 0.15) is 10.7 Å². The van der Waals surface area contributed by atoms with E-state index in [1.807, 2.05) is 36.6 Å². The Bertz CT molecular complexity index is 1150. The topological polar surface area (TPSA) is 79.4 Å². The fourth-order valence-electron chi connectivity index (χ4n) is 2.90. The SMILES string of the molecule is CCN(CC)S(=O)(=O)c1cc(C(=O)Nc2nc(-c3ccc(C)cc3)cs2)ccc1F. The number of halogens is 1. The van der Waals surface area contributed by atoms with E-state index >= 15 is 0 Å². The van der Waals surface area contributed by atoms with Crippen molar-refractivity contribution in [1.29, 1.82) is 0 Å². The number of anilines is 1. The summed E-state index contributed by atoms with van der Waals surface area (Å²) in [7, 11) is -4.03. The molecule has 1 aromatic heterocycles. The lowest BCUT2D eigenvalue weighted by Gasteiger charge is -2.19. The van der Waals surface area contributed by atoms with Crippen molar-refractivity contribution in [3.8, 4) is 11.3 Å². The zero-order valence-electron chi connectivity index (χ0n) is 16.8. The molecule has 0 aliphatic rings. The highest BCUT2D eigenvalue weighted by Gasteiger charge is 2.26. The summed E-state index contributed by atoms with van der Waals surface area (Å²) < 4.78 is 40.8. The van der Waals surface area contributed by atoms with Crippen LogP contribution >= 0.6 is 11.3 Å². The van der Waals surface area contributed by atoms with Crippen LogP contribution in [0, 0.1) is 12.7 Å². The molecule has 158 valence electrons. The first kappa shape index (κ1) is 22.1. The van der Waals surface area contributed by atoms with E-state index in [2.05, 4.69) is 10.3 Å². The van der Waals surface area contributed by atoms with Crippen LogP contribution in [0.2, 0.25) is 0 Å². The predicted octanol–water partition coefficient (Wildman–Crippen LogP) is 4.54. The Labute approximate surface area is 179 Å². The molecule has 30 heavy (non-hydrogen) atoms. The number of hydrogen-bond acceptors (Lipinski definition) is 5. The number of rotatable bonds is 7. The Morgan fingerprint density at radius 2 is 1.80 bits per heavy atom. The number of thiazole rings is 1. The molecule has 0 radical (unpaired) electrons. The van der Waals surface area contributed by atoms with E-state index in [0.717, 1.165) is 33.3 Å². The number of hydrogen-bond donors (Lipinski definition) is 1. The molecular weight excluding hydrogens is 425 g/mol. The van der Waals surface area contributed by atoms with Crippen LogP contribution in [0.4, 0.5) is 9.52 Å². The number of carbonyl (C=O) groups is 1. The van der Waals surface area contributed by atoms with Crippen LogP contribution in [0.25, 0.3) is 11.3 Å². The fourth-order valence-corrected chi connectivity index (χ4v) is 5.17. The fraction of sp³-hybridized carbons (Fsp3) is 0.238. The van der Waals surface area contributed by atoms with Gasteiger partial charge in [0.2, 0.25) is 10.0 Å². The average Bonchev–Trinajstić information content (AvgIpc) is 3.17. The van der Waals surface area contributed by atoms with Crippen molar-refractivity contribution in [3.63, 3.8) is 0 Å². The molecule has 0 saturated heterocycles. The highest BCUT2D eigenvalue weighted by molar-refractivity contribution is 7.89. The average molecular weight is 448 g/mol. The molecule has 0 spiro atoms. The van der Waals surface area contributed by atoms with Gasteiger partial charge in [-0.2, -0.15) is 4.31 Å². The minimum absolute atomic E-state index is 0.0363. The zero-order valence-corrected chi connectivity index (χ0v) is 18.5. The molecule has 0 atom stereocenters. The third-order valence-electron chi connectivity index (χ3n) is 4.59. The van der Waals surface area contributed by atoms with Crippen molar-refractivity contribution in [2.75, 3.05) is 18.4 Å². The monoisotopic (exact) mass is 447 g/mol. The van der Waals surface area contributed by atoms with E-state index in [4.69, 9.17) is 0 Å². The second-order valence-corrected chi connectivity index (χ2v) is 9.36. The van der Waals surface area contributed by atoms with Gasteiger partial charge in [0.15, 0.2) is 5.13 Å². The maximum Gasteiger partial charge on any atom is 0.257 e. The van der Waals surface area contributed by atoms with Gasteiger partial charge in [-0.05, 0) is 25.1 Å². The normalized spacial score (nSPS) is 11.6. The molecular formula is C21H22FN3O3S2. The van der Waals surface area contributed by atoms with Gasteiger partial charge >= 0.3 is 0 Å². The third-order valence-corrected chi connectivity index (χ3v) is 7.41. The Morgan fingerprint density at radius 3 is 2.43 bits per heavy atom. The van der Waals surface area contributed by atoms with Crippen LogP contribution in [0.1, 0.15) is 29.8 Å². The highest BCUT2D eigenvalue weighted by atomic mass is 32.2. The molecule has 3 rings (SSSR count). The number of aromatic nitrogens is 1. The summed E-state index contributed by atoms with van der Waals surface area (Å²) in [5.41, 5.74) is 2.81. The number of benzene rings is 2. The lowest BCUT2D eigenvalue weighted by molar-refractivity contribution is 0.102. The number of nitrogens with one attached hydrogen (secondary N) is 1. The second kappa shape index (κ2) is 9.03. The van der Waals surface area contributed by atoms with Crippen LogP contribution in [0.3, 0.4) is 0 Å². The van der Waals surface area contributed by atoms with Gasteiger partial charge in [0.25, 0.3) is 5.91 Å². The van der Waals surface area contributed by atoms with Crippen molar-refractivity contribution in [3.05, 3.63) is 64.8 Å². The molecule has 1 amide bonds. The quantitative estimate of drug-likeness (QED) is 0.577. The van der Waals surface area contributed by atoms with Crippen LogP contribution in [0.5, 0.6) is 0 Å². The van der Waals surface area contributed by atoms with Crippen LogP contribution in [-0.2, 0) is 10.0 Å². The maximum atomic E-state index is 14.3. The first-order chi connectivity index (χ1) is 14.3. The summed E-state index contributed by atoms with van der Waals surface area (Å²) in [5.74, 6) is -1.45. The van der Waals surface area contributed by atoms with Crippen molar-refractivity contribution in [1.82, 2.24) is 9.29 Å². The summed E-state index contributed by atoms with van der Waals surface area (Å²) in [4.78, 5) is 16.5. The summed E-state index contributed by atoms with van der Waals surface area (Å²) in [6, 6.07) is 11.1. The van der Waals surface area contributed by atoms with Crippen LogP contribution in [-0.4, -0.2) is 36.7 Å². The molecule has 0 fully saturated rings. The predicted molar refractivity (Wildman–Crippen MR) is 117 cm³/mol. The van der Waals surface area contributed by atoms with Gasteiger partial charge in [-0.3, -0.25) is 10.1 Å². The molecule has 9 heteroatoms. The summed E-state index contributed by atoms with van der Waals surface area (Å²) in [6.07, 6.45) is 0. The Kier molecular flexibility index (Phi) is 6.64. The molecule has 1 N–H and O–H groups in total. The number of aryl methyl sites for hydroxylation is 1. The van der Waals surface area contributed by atoms with Crippen molar-refractivity contribution in [2.24, 2.45) is 0 Å². The highest BCUT2D eigenvalue weighted by Crippen LogP contribution is 2.26. The Morgan fingerprint density at radius 1 is 1.13 bits per heavy atom. The minimum atomic E-state index is -4.03. The molecule has 0 unspecified atom stereocenters. The maximum absolute atomic E-state index is 14.3. The van der Waals surface area contributed by atoms with Gasteiger partial charge in [0.05, 0.1) is 5.69 Å². The van der Waals surface area contributed by atoms with Crippen LogP contribution in [0.15, 0.2) is 52.7 Å². The van der Waals surface area contributed by atoms with Gasteiger partial charge in [-0.25, -0.2) is 17.8 Å². The number of sulfonamides is 1. The van der Waals surface area contributed by atoms with Gasteiger partial charge in [-0.1, -0.05) is 43.7 Å². The molecule has 1 heterocycles. The molecule has 3 aromatic rings. The first-order valence-electron chi connectivity index (χ1n) is 9.39. The van der Waals surface area contributed by atoms with E-state index in [-0.39, 0.29) is 18.7 Å². The van der Waals surface area contributed by atoms with E-state index in [0.29, 0.717) is 5.13 Å². The molecule has 0 aliphatic heterocycles. The summed E-state index contributed by atoms with van der Waals surface area (Å²) >= 11 is 1.25. The summed E-state index contributed by atoms with van der Waals surface area (Å²) in [6.45, 7) is 5.74. The third kappa shape index (κ3) is 4.58. The lowest BCUT2D eigenvalue weighted by atomic mass is 10.1. The number of carbonyl (C=O) groups excluding carboxylic acids is 1. The number of amides is 1. The molecule has 0 aliphatic carbocycles. The van der Waals surface area contributed by atoms with E-state index < -0.39 is 26.6 Å². The smallest absolute Gasteiger partial charge is 0.257 e. The van der Waals surface area contributed by atoms with Crippen molar-refractivity contribution >= 4 is 32.4 Å². The van der Waals surface area contributed by atoms with E-state index in [1.165, 1.54) is 17.4 Å². The Hall–Kier alpha value is -2.62. The summed E-state index contributed by atoms with van der Waals surface area (Å²) in [5, 5.41) is 4.84. The largest absolute Gasteiger partial charge is 0.298 e.